The van der Waals surface area contributed by atoms with Crippen LogP contribution in [0.3, 0.4) is 0 Å². The Morgan fingerprint density at radius 2 is 1.58 bits per heavy atom. The molecule has 138 valence electrons. The maximum absolute atomic E-state index is 12.7. The van der Waals surface area contributed by atoms with Gasteiger partial charge < -0.3 is 9.80 Å². The Labute approximate surface area is 151 Å². The molecular formula is C20H21F3N2O. The van der Waals surface area contributed by atoms with Gasteiger partial charge in [0.05, 0.1) is 12.0 Å². The number of nitrogens with zero attached hydrogens (tertiary/aromatic N) is 2. The molecule has 2 aromatic rings. The van der Waals surface area contributed by atoms with Crippen LogP contribution in [0.2, 0.25) is 0 Å². The molecule has 0 atom stereocenters. The van der Waals surface area contributed by atoms with Gasteiger partial charge in [0, 0.05) is 31.9 Å². The zero-order chi connectivity index (χ0) is 18.7. The van der Waals surface area contributed by atoms with Gasteiger partial charge in [0.15, 0.2) is 0 Å². The number of carbonyl (C=O) groups excluding carboxylic acids is 1. The summed E-state index contributed by atoms with van der Waals surface area (Å²) >= 11 is 0. The van der Waals surface area contributed by atoms with Crippen LogP contribution in [0.4, 0.5) is 18.9 Å². The van der Waals surface area contributed by atoms with Crippen LogP contribution in [0.1, 0.15) is 16.7 Å². The quantitative estimate of drug-likeness (QED) is 0.827. The highest BCUT2D eigenvalue weighted by Crippen LogP contribution is 2.30. The minimum absolute atomic E-state index is 0.0892. The van der Waals surface area contributed by atoms with Crippen LogP contribution in [-0.4, -0.2) is 37.0 Å². The number of carbonyl (C=O) groups is 1. The lowest BCUT2D eigenvalue weighted by molar-refractivity contribution is -0.137. The second kappa shape index (κ2) is 7.40. The molecule has 1 amide bonds. The van der Waals surface area contributed by atoms with E-state index >= 15 is 0 Å². The van der Waals surface area contributed by atoms with Crippen molar-refractivity contribution in [1.29, 1.82) is 0 Å². The van der Waals surface area contributed by atoms with Crippen molar-refractivity contribution in [3.8, 4) is 0 Å². The summed E-state index contributed by atoms with van der Waals surface area (Å²) in [5, 5.41) is 0. The Kier molecular flexibility index (Phi) is 5.20. The van der Waals surface area contributed by atoms with E-state index in [2.05, 4.69) is 0 Å². The summed E-state index contributed by atoms with van der Waals surface area (Å²) in [7, 11) is 0. The summed E-state index contributed by atoms with van der Waals surface area (Å²) in [6, 6.07) is 13.0. The average molecular weight is 362 g/mol. The van der Waals surface area contributed by atoms with Crippen molar-refractivity contribution in [2.75, 3.05) is 31.1 Å². The first-order valence-corrected chi connectivity index (χ1v) is 8.59. The van der Waals surface area contributed by atoms with Crippen LogP contribution in [-0.2, 0) is 17.4 Å². The SMILES string of the molecule is Cc1ccccc1CC(=O)N1CCN(c2ccc(C(F)(F)F)cc2)CC1. The smallest absolute Gasteiger partial charge is 0.368 e. The number of aryl methyl sites for hydroxylation is 1. The molecule has 26 heavy (non-hydrogen) atoms. The third-order valence-electron chi connectivity index (χ3n) is 4.80. The lowest BCUT2D eigenvalue weighted by Gasteiger charge is -2.36. The van der Waals surface area contributed by atoms with Crippen LogP contribution in [0, 0.1) is 6.92 Å². The minimum Gasteiger partial charge on any atom is -0.368 e. The molecule has 0 aliphatic carbocycles. The number of amides is 1. The van der Waals surface area contributed by atoms with Gasteiger partial charge >= 0.3 is 6.18 Å². The molecule has 0 N–H and O–H groups in total. The summed E-state index contributed by atoms with van der Waals surface area (Å²) in [5.74, 6) is 0.0892. The monoisotopic (exact) mass is 362 g/mol. The van der Waals surface area contributed by atoms with Gasteiger partial charge in [-0.2, -0.15) is 13.2 Å². The maximum Gasteiger partial charge on any atom is 0.416 e. The van der Waals surface area contributed by atoms with E-state index in [0.717, 1.165) is 28.9 Å². The van der Waals surface area contributed by atoms with Crippen LogP contribution in [0.25, 0.3) is 0 Å². The van der Waals surface area contributed by atoms with Gasteiger partial charge in [-0.15, -0.1) is 0 Å². The zero-order valence-corrected chi connectivity index (χ0v) is 14.6. The summed E-state index contributed by atoms with van der Waals surface area (Å²) in [6.45, 7) is 4.37. The first-order chi connectivity index (χ1) is 12.3. The molecule has 0 saturated carbocycles. The summed E-state index contributed by atoms with van der Waals surface area (Å²) in [4.78, 5) is 16.3. The predicted octanol–water partition coefficient (Wildman–Crippen LogP) is 3.91. The fourth-order valence-corrected chi connectivity index (χ4v) is 3.16. The van der Waals surface area contributed by atoms with Crippen molar-refractivity contribution >= 4 is 11.6 Å². The fourth-order valence-electron chi connectivity index (χ4n) is 3.16. The van der Waals surface area contributed by atoms with Crippen LogP contribution < -0.4 is 4.90 Å². The molecule has 0 radical (unpaired) electrons. The van der Waals surface area contributed by atoms with Crippen molar-refractivity contribution in [1.82, 2.24) is 4.90 Å². The third-order valence-corrected chi connectivity index (χ3v) is 4.80. The Morgan fingerprint density at radius 1 is 0.962 bits per heavy atom. The molecular weight excluding hydrogens is 341 g/mol. The molecule has 3 nitrogen and oxygen atoms in total. The number of halogens is 3. The highest BCUT2D eigenvalue weighted by Gasteiger charge is 2.30. The number of hydrogen-bond donors (Lipinski definition) is 0. The Morgan fingerprint density at radius 3 is 2.15 bits per heavy atom. The first-order valence-electron chi connectivity index (χ1n) is 8.59. The van der Waals surface area contributed by atoms with Crippen molar-refractivity contribution in [2.24, 2.45) is 0 Å². The van der Waals surface area contributed by atoms with Gasteiger partial charge in [-0.1, -0.05) is 24.3 Å². The van der Waals surface area contributed by atoms with E-state index < -0.39 is 11.7 Å². The van der Waals surface area contributed by atoms with E-state index in [1.807, 2.05) is 41.0 Å². The molecule has 1 fully saturated rings. The number of rotatable bonds is 3. The van der Waals surface area contributed by atoms with Gasteiger partial charge in [-0.3, -0.25) is 4.79 Å². The molecule has 3 rings (SSSR count). The molecule has 0 unspecified atom stereocenters. The van der Waals surface area contributed by atoms with E-state index in [1.165, 1.54) is 12.1 Å². The first kappa shape index (κ1) is 18.3. The fraction of sp³-hybridized carbons (Fsp3) is 0.350. The predicted molar refractivity (Wildman–Crippen MR) is 95.1 cm³/mol. The maximum atomic E-state index is 12.7. The molecule has 2 aromatic carbocycles. The highest BCUT2D eigenvalue weighted by atomic mass is 19.4. The second-order valence-electron chi connectivity index (χ2n) is 6.52. The second-order valence-corrected chi connectivity index (χ2v) is 6.52. The summed E-state index contributed by atoms with van der Waals surface area (Å²) < 4.78 is 38.0. The average Bonchev–Trinajstić information content (AvgIpc) is 2.63. The Balaban J connectivity index is 1.57. The number of piperazine rings is 1. The molecule has 0 bridgehead atoms. The zero-order valence-electron chi connectivity index (χ0n) is 14.6. The number of alkyl halides is 3. The Hall–Kier alpha value is -2.50. The largest absolute Gasteiger partial charge is 0.416 e. The van der Waals surface area contributed by atoms with Crippen molar-refractivity contribution < 1.29 is 18.0 Å². The van der Waals surface area contributed by atoms with Crippen LogP contribution in [0.15, 0.2) is 48.5 Å². The van der Waals surface area contributed by atoms with Crippen molar-refractivity contribution in [3.05, 3.63) is 65.2 Å². The molecule has 1 heterocycles. The standard InChI is InChI=1S/C20H21F3N2O/c1-15-4-2-3-5-16(15)14-19(26)25-12-10-24(11-13-25)18-8-6-17(7-9-18)20(21,22)23/h2-9H,10-14H2,1H3. The van der Waals surface area contributed by atoms with Crippen LogP contribution >= 0.6 is 0 Å². The van der Waals surface area contributed by atoms with E-state index in [4.69, 9.17) is 0 Å². The highest BCUT2D eigenvalue weighted by molar-refractivity contribution is 5.79. The molecule has 1 saturated heterocycles. The van der Waals surface area contributed by atoms with E-state index in [0.29, 0.717) is 32.6 Å². The van der Waals surface area contributed by atoms with E-state index in [1.54, 1.807) is 0 Å². The van der Waals surface area contributed by atoms with Gasteiger partial charge in [-0.25, -0.2) is 0 Å². The summed E-state index contributed by atoms with van der Waals surface area (Å²) in [5.41, 5.74) is 2.24. The lowest BCUT2D eigenvalue weighted by Crippen LogP contribution is -2.49. The van der Waals surface area contributed by atoms with E-state index in [9.17, 15) is 18.0 Å². The molecule has 0 spiro atoms. The van der Waals surface area contributed by atoms with Crippen LogP contribution in [0.5, 0.6) is 0 Å². The van der Waals surface area contributed by atoms with Crippen molar-refractivity contribution in [2.45, 2.75) is 19.5 Å². The van der Waals surface area contributed by atoms with Gasteiger partial charge in [0.2, 0.25) is 5.91 Å². The molecule has 0 aromatic heterocycles. The number of benzene rings is 2. The van der Waals surface area contributed by atoms with Gasteiger partial charge in [0.1, 0.15) is 0 Å². The molecule has 6 heteroatoms. The van der Waals surface area contributed by atoms with Gasteiger partial charge in [0.25, 0.3) is 0 Å². The number of anilines is 1. The normalized spacial score (nSPS) is 15.2. The third kappa shape index (κ3) is 4.18. The topological polar surface area (TPSA) is 23.6 Å². The molecule has 1 aliphatic heterocycles. The summed E-state index contributed by atoms with van der Waals surface area (Å²) in [6.07, 6.45) is -3.94. The number of hydrogen-bond acceptors (Lipinski definition) is 2. The van der Waals surface area contributed by atoms with E-state index in [-0.39, 0.29) is 5.91 Å². The minimum atomic E-state index is -4.32. The van der Waals surface area contributed by atoms with Gasteiger partial charge in [-0.05, 0) is 42.3 Å². The Bertz CT molecular complexity index is 763. The van der Waals surface area contributed by atoms with Crippen molar-refractivity contribution in [3.63, 3.8) is 0 Å². The molecule has 1 aliphatic rings. The lowest BCUT2D eigenvalue weighted by atomic mass is 10.1.